The molecule has 0 radical (unpaired) electrons. The van der Waals surface area contributed by atoms with E-state index in [9.17, 15) is 8.78 Å². The van der Waals surface area contributed by atoms with Gasteiger partial charge < -0.3 is 9.47 Å². The number of rotatable bonds is 4. The molecule has 0 spiro atoms. The van der Waals surface area contributed by atoms with E-state index in [1.165, 1.54) is 26.4 Å². The van der Waals surface area contributed by atoms with E-state index in [0.29, 0.717) is 15.8 Å². The maximum absolute atomic E-state index is 14.2. The number of alkyl halides is 1. The summed E-state index contributed by atoms with van der Waals surface area (Å²) >= 11 is 6.46. The van der Waals surface area contributed by atoms with Gasteiger partial charge in [0.15, 0.2) is 11.5 Å². The summed E-state index contributed by atoms with van der Waals surface area (Å²) in [5.74, 6) is -0.274. The second-order valence-corrected chi connectivity index (χ2v) is 6.00. The second-order valence-electron chi connectivity index (χ2n) is 4.23. The van der Waals surface area contributed by atoms with Gasteiger partial charge in [0, 0.05) is 17.2 Å². The number of hydrogen-bond acceptors (Lipinski definition) is 2. The van der Waals surface area contributed by atoms with Crippen LogP contribution in [0.15, 0.2) is 34.8 Å². The lowest BCUT2D eigenvalue weighted by Gasteiger charge is -2.16. The van der Waals surface area contributed by atoms with Crippen molar-refractivity contribution in [1.29, 1.82) is 0 Å². The van der Waals surface area contributed by atoms with Gasteiger partial charge in [-0.3, -0.25) is 0 Å². The summed E-state index contributed by atoms with van der Waals surface area (Å²) in [6.07, 6.45) is 0. The molecular formula is C15H12Br2F2O2. The van der Waals surface area contributed by atoms with Gasteiger partial charge in [-0.25, -0.2) is 8.78 Å². The Balaban J connectivity index is 2.53. The quantitative estimate of drug-likeness (QED) is 0.629. The molecule has 2 aromatic rings. The van der Waals surface area contributed by atoms with Gasteiger partial charge in [0.1, 0.15) is 11.6 Å². The van der Waals surface area contributed by atoms with Crippen LogP contribution in [0.5, 0.6) is 11.5 Å². The Morgan fingerprint density at radius 1 is 1.00 bits per heavy atom. The van der Waals surface area contributed by atoms with Crippen LogP contribution in [-0.2, 0) is 0 Å². The minimum atomic E-state index is -0.644. The minimum absolute atomic E-state index is 0.268. The van der Waals surface area contributed by atoms with E-state index in [0.717, 1.165) is 0 Å². The third-order valence-corrected chi connectivity index (χ3v) is 4.63. The Bertz CT molecular complexity index is 662. The van der Waals surface area contributed by atoms with Crippen LogP contribution in [0.1, 0.15) is 16.0 Å². The standard InChI is InChI=1S/C15H12Br2F2O2/c1-20-12-6-9(11(18)7-13(12)21-2)14(17)8-4-3-5-10(16)15(8)19/h3-7,14H,1-2H3. The Labute approximate surface area is 138 Å². The molecule has 2 aromatic carbocycles. The van der Waals surface area contributed by atoms with Crippen molar-refractivity contribution in [2.45, 2.75) is 4.83 Å². The fourth-order valence-electron chi connectivity index (χ4n) is 1.95. The van der Waals surface area contributed by atoms with E-state index in [1.807, 2.05) is 0 Å². The second kappa shape index (κ2) is 6.75. The van der Waals surface area contributed by atoms with Gasteiger partial charge in [-0.2, -0.15) is 0 Å². The predicted molar refractivity (Wildman–Crippen MR) is 84.4 cm³/mol. The third kappa shape index (κ3) is 3.21. The van der Waals surface area contributed by atoms with Crippen molar-refractivity contribution >= 4 is 31.9 Å². The van der Waals surface area contributed by atoms with E-state index in [4.69, 9.17) is 9.47 Å². The van der Waals surface area contributed by atoms with Crippen molar-refractivity contribution in [1.82, 2.24) is 0 Å². The molecule has 6 heteroatoms. The van der Waals surface area contributed by atoms with Crippen molar-refractivity contribution in [2.75, 3.05) is 14.2 Å². The highest BCUT2D eigenvalue weighted by molar-refractivity contribution is 9.10. The molecule has 0 saturated heterocycles. The number of halogens is 4. The van der Waals surface area contributed by atoms with Crippen LogP contribution < -0.4 is 9.47 Å². The molecule has 0 fully saturated rings. The molecule has 0 aliphatic carbocycles. The van der Waals surface area contributed by atoms with Crippen molar-refractivity contribution in [3.8, 4) is 11.5 Å². The van der Waals surface area contributed by atoms with Gasteiger partial charge in [-0.1, -0.05) is 28.1 Å². The van der Waals surface area contributed by atoms with Crippen LogP contribution in [0.2, 0.25) is 0 Å². The third-order valence-electron chi connectivity index (χ3n) is 3.03. The first-order valence-electron chi connectivity index (χ1n) is 5.99. The van der Waals surface area contributed by atoms with Gasteiger partial charge in [0.25, 0.3) is 0 Å². The summed E-state index contributed by atoms with van der Waals surface area (Å²) in [5.41, 5.74) is 0.597. The lowest BCUT2D eigenvalue weighted by molar-refractivity contribution is 0.351. The Morgan fingerprint density at radius 3 is 2.24 bits per heavy atom. The monoisotopic (exact) mass is 420 g/mol. The highest BCUT2D eigenvalue weighted by Gasteiger charge is 2.22. The van der Waals surface area contributed by atoms with Gasteiger partial charge >= 0.3 is 0 Å². The SMILES string of the molecule is COc1cc(F)c(C(Br)c2cccc(Br)c2F)cc1OC. The Hall–Kier alpha value is -1.14. The van der Waals surface area contributed by atoms with E-state index in [1.54, 1.807) is 18.2 Å². The number of methoxy groups -OCH3 is 2. The molecule has 2 rings (SSSR count). The number of benzene rings is 2. The zero-order valence-electron chi connectivity index (χ0n) is 11.3. The lowest BCUT2D eigenvalue weighted by Crippen LogP contribution is -2.02. The molecule has 0 N–H and O–H groups in total. The predicted octanol–water partition coefficient (Wildman–Crippen LogP) is 5.23. The van der Waals surface area contributed by atoms with Crippen molar-refractivity contribution in [3.63, 3.8) is 0 Å². The maximum atomic E-state index is 14.2. The van der Waals surface area contributed by atoms with Crippen molar-refractivity contribution in [2.24, 2.45) is 0 Å². The molecule has 1 unspecified atom stereocenters. The van der Waals surface area contributed by atoms with E-state index < -0.39 is 16.5 Å². The smallest absolute Gasteiger partial charge is 0.163 e. The summed E-state index contributed by atoms with van der Waals surface area (Å²) in [4.78, 5) is -0.644. The molecule has 0 bridgehead atoms. The molecule has 0 amide bonds. The molecule has 112 valence electrons. The molecule has 1 atom stereocenters. The van der Waals surface area contributed by atoms with E-state index in [-0.39, 0.29) is 11.3 Å². The van der Waals surface area contributed by atoms with Crippen LogP contribution in [0.4, 0.5) is 8.78 Å². The average molecular weight is 422 g/mol. The number of ether oxygens (including phenoxy) is 2. The normalized spacial score (nSPS) is 12.1. The molecular weight excluding hydrogens is 410 g/mol. The molecule has 2 nitrogen and oxygen atoms in total. The average Bonchev–Trinajstić information content (AvgIpc) is 2.49. The van der Waals surface area contributed by atoms with Gasteiger partial charge in [0.05, 0.1) is 23.5 Å². The summed E-state index contributed by atoms with van der Waals surface area (Å²) in [7, 11) is 2.89. The first-order chi connectivity index (χ1) is 9.99. The van der Waals surface area contributed by atoms with Gasteiger partial charge in [-0.15, -0.1) is 0 Å². The van der Waals surface area contributed by atoms with Crippen LogP contribution in [0.25, 0.3) is 0 Å². The summed E-state index contributed by atoms with van der Waals surface area (Å²) in [6.45, 7) is 0. The first kappa shape index (κ1) is 16.2. The van der Waals surface area contributed by atoms with E-state index in [2.05, 4.69) is 31.9 Å². The van der Waals surface area contributed by atoms with Gasteiger partial charge in [-0.05, 0) is 28.1 Å². The highest BCUT2D eigenvalue weighted by Crippen LogP contribution is 2.40. The fourth-order valence-corrected chi connectivity index (χ4v) is 3.03. The topological polar surface area (TPSA) is 18.5 Å². The lowest BCUT2D eigenvalue weighted by atomic mass is 10.0. The van der Waals surface area contributed by atoms with Gasteiger partial charge in [0.2, 0.25) is 0 Å². The fraction of sp³-hybridized carbons (Fsp3) is 0.200. The summed E-state index contributed by atoms with van der Waals surface area (Å²) in [6, 6.07) is 7.58. The molecule has 0 heterocycles. The number of hydrogen-bond donors (Lipinski definition) is 0. The molecule has 0 aromatic heterocycles. The Morgan fingerprint density at radius 2 is 1.62 bits per heavy atom. The van der Waals surface area contributed by atoms with E-state index >= 15 is 0 Å². The van der Waals surface area contributed by atoms with Crippen LogP contribution in [-0.4, -0.2) is 14.2 Å². The largest absolute Gasteiger partial charge is 0.493 e. The van der Waals surface area contributed by atoms with Crippen LogP contribution in [0, 0.1) is 11.6 Å². The van der Waals surface area contributed by atoms with Crippen LogP contribution >= 0.6 is 31.9 Å². The summed E-state index contributed by atoms with van der Waals surface area (Å²) < 4.78 is 38.9. The van der Waals surface area contributed by atoms with Crippen molar-refractivity contribution < 1.29 is 18.3 Å². The molecule has 21 heavy (non-hydrogen) atoms. The molecule has 0 aliphatic rings. The van der Waals surface area contributed by atoms with Crippen LogP contribution in [0.3, 0.4) is 0 Å². The Kier molecular flexibility index (Phi) is 5.22. The molecule has 0 aliphatic heterocycles. The molecule has 0 saturated carbocycles. The zero-order valence-corrected chi connectivity index (χ0v) is 14.5. The maximum Gasteiger partial charge on any atom is 0.163 e. The first-order valence-corrected chi connectivity index (χ1v) is 7.69. The highest BCUT2D eigenvalue weighted by atomic mass is 79.9. The zero-order chi connectivity index (χ0) is 15.6. The summed E-state index contributed by atoms with van der Waals surface area (Å²) in [5, 5.41) is 0. The van der Waals surface area contributed by atoms with Crippen molar-refractivity contribution in [3.05, 3.63) is 57.6 Å². The minimum Gasteiger partial charge on any atom is -0.493 e.